The molecule has 5 nitrogen and oxygen atoms in total. The number of hydrogen-bond donors (Lipinski definition) is 2. The first-order chi connectivity index (χ1) is 10.3. The first kappa shape index (κ1) is 14.4. The van der Waals surface area contributed by atoms with Crippen LogP contribution >= 0.6 is 0 Å². The number of rotatable bonds is 3. The smallest absolute Gasteiger partial charge is 0.157 e. The second-order valence-corrected chi connectivity index (χ2v) is 6.34. The largest absolute Gasteiger partial charge is 0.393 e. The molecule has 2 aliphatic rings. The van der Waals surface area contributed by atoms with Crippen LogP contribution in [0, 0.1) is 0 Å². The zero-order chi connectivity index (χ0) is 14.5. The number of nitrogen functional groups attached to an aromatic ring is 1. The van der Waals surface area contributed by atoms with Gasteiger partial charge in [-0.15, -0.1) is 0 Å². The van der Waals surface area contributed by atoms with Crippen molar-refractivity contribution >= 4 is 17.3 Å². The third-order valence-corrected chi connectivity index (χ3v) is 4.71. The molecular weight excluding hydrogens is 262 g/mol. The van der Waals surface area contributed by atoms with Crippen LogP contribution in [-0.4, -0.2) is 29.1 Å². The lowest BCUT2D eigenvalue weighted by atomic mass is 10.1. The van der Waals surface area contributed by atoms with Crippen LogP contribution in [0.25, 0.3) is 0 Å². The van der Waals surface area contributed by atoms with Crippen molar-refractivity contribution < 1.29 is 0 Å². The molecule has 0 unspecified atom stereocenters. The van der Waals surface area contributed by atoms with Crippen LogP contribution in [0.3, 0.4) is 0 Å². The lowest BCUT2D eigenvalue weighted by Crippen LogP contribution is -2.31. The molecule has 0 atom stereocenters. The topological polar surface area (TPSA) is 67.1 Å². The van der Waals surface area contributed by atoms with Gasteiger partial charge < -0.3 is 16.0 Å². The summed E-state index contributed by atoms with van der Waals surface area (Å²) in [5.74, 6) is 1.75. The molecule has 21 heavy (non-hydrogen) atoms. The average Bonchev–Trinajstić information content (AvgIpc) is 2.79. The highest BCUT2D eigenvalue weighted by molar-refractivity contribution is 5.75. The Morgan fingerprint density at radius 1 is 0.952 bits per heavy atom. The minimum atomic E-state index is 0.513. The minimum Gasteiger partial charge on any atom is -0.393 e. The van der Waals surface area contributed by atoms with E-state index in [9.17, 15) is 0 Å². The predicted octanol–water partition coefficient (Wildman–Crippen LogP) is 3.18. The maximum absolute atomic E-state index is 6.34. The van der Waals surface area contributed by atoms with Crippen molar-refractivity contribution in [1.29, 1.82) is 0 Å². The van der Waals surface area contributed by atoms with Crippen molar-refractivity contribution in [2.75, 3.05) is 29.0 Å². The number of nitrogens with one attached hydrogen (secondary N) is 1. The number of aromatic nitrogens is 2. The molecule has 1 aromatic rings. The van der Waals surface area contributed by atoms with Crippen LogP contribution in [0.2, 0.25) is 0 Å². The van der Waals surface area contributed by atoms with E-state index < -0.39 is 0 Å². The summed E-state index contributed by atoms with van der Waals surface area (Å²) in [5, 5.41) is 3.57. The van der Waals surface area contributed by atoms with E-state index in [2.05, 4.69) is 20.2 Å². The van der Waals surface area contributed by atoms with E-state index in [1.165, 1.54) is 57.8 Å². The molecule has 2 fully saturated rings. The molecule has 1 aliphatic heterocycles. The maximum atomic E-state index is 6.34. The average molecular weight is 289 g/mol. The van der Waals surface area contributed by atoms with E-state index in [1.54, 1.807) is 6.33 Å². The summed E-state index contributed by atoms with van der Waals surface area (Å²) < 4.78 is 0. The number of hydrogen-bond acceptors (Lipinski definition) is 5. The standard InChI is InChI=1S/C16H27N5/c17-14-15(20-13-8-4-1-2-5-9-13)18-12-19-16(14)21-10-6-3-7-11-21/h12-13H,1-11,17H2,(H,18,19,20). The van der Waals surface area contributed by atoms with Crippen LogP contribution in [0.5, 0.6) is 0 Å². The molecule has 2 heterocycles. The van der Waals surface area contributed by atoms with E-state index >= 15 is 0 Å². The van der Waals surface area contributed by atoms with E-state index in [0.29, 0.717) is 6.04 Å². The Morgan fingerprint density at radius 2 is 1.62 bits per heavy atom. The molecule has 3 N–H and O–H groups in total. The fraction of sp³-hybridized carbons (Fsp3) is 0.750. The Balaban J connectivity index is 1.72. The van der Waals surface area contributed by atoms with Gasteiger partial charge in [-0.3, -0.25) is 0 Å². The van der Waals surface area contributed by atoms with Gasteiger partial charge in [-0.25, -0.2) is 9.97 Å². The lowest BCUT2D eigenvalue weighted by Gasteiger charge is -2.29. The minimum absolute atomic E-state index is 0.513. The van der Waals surface area contributed by atoms with Gasteiger partial charge in [0, 0.05) is 19.1 Å². The third-order valence-electron chi connectivity index (χ3n) is 4.71. The van der Waals surface area contributed by atoms with Crippen LogP contribution in [-0.2, 0) is 0 Å². The second kappa shape index (κ2) is 6.96. The van der Waals surface area contributed by atoms with Gasteiger partial charge in [0.1, 0.15) is 12.0 Å². The molecular formula is C16H27N5. The number of nitrogens with two attached hydrogens (primary N) is 1. The molecule has 116 valence electrons. The van der Waals surface area contributed by atoms with Gasteiger partial charge >= 0.3 is 0 Å². The maximum Gasteiger partial charge on any atom is 0.157 e. The Bertz CT molecular complexity index is 448. The van der Waals surface area contributed by atoms with Gasteiger partial charge in [0.05, 0.1) is 0 Å². The zero-order valence-corrected chi connectivity index (χ0v) is 12.9. The van der Waals surface area contributed by atoms with Crippen molar-refractivity contribution in [2.24, 2.45) is 0 Å². The van der Waals surface area contributed by atoms with Gasteiger partial charge in [-0.1, -0.05) is 25.7 Å². The van der Waals surface area contributed by atoms with Gasteiger partial charge in [0.2, 0.25) is 0 Å². The Kier molecular flexibility index (Phi) is 4.78. The van der Waals surface area contributed by atoms with Crippen molar-refractivity contribution in [2.45, 2.75) is 63.8 Å². The van der Waals surface area contributed by atoms with Crippen LogP contribution in [0.4, 0.5) is 17.3 Å². The highest BCUT2D eigenvalue weighted by atomic mass is 15.2. The van der Waals surface area contributed by atoms with Crippen LogP contribution < -0.4 is 16.0 Å². The Hall–Kier alpha value is -1.52. The van der Waals surface area contributed by atoms with Gasteiger partial charge in [-0.2, -0.15) is 0 Å². The second-order valence-electron chi connectivity index (χ2n) is 6.34. The highest BCUT2D eigenvalue weighted by Crippen LogP contribution is 2.30. The highest BCUT2D eigenvalue weighted by Gasteiger charge is 2.19. The summed E-state index contributed by atoms with van der Waals surface area (Å²) in [5.41, 5.74) is 7.07. The molecule has 0 amide bonds. The predicted molar refractivity (Wildman–Crippen MR) is 87.6 cm³/mol. The molecule has 1 saturated carbocycles. The molecule has 0 aromatic carbocycles. The van der Waals surface area contributed by atoms with E-state index in [-0.39, 0.29) is 0 Å². The Morgan fingerprint density at radius 3 is 2.33 bits per heavy atom. The fourth-order valence-electron chi connectivity index (χ4n) is 3.48. The molecule has 1 saturated heterocycles. The van der Waals surface area contributed by atoms with Crippen molar-refractivity contribution in [3.8, 4) is 0 Å². The molecule has 5 heteroatoms. The summed E-state index contributed by atoms with van der Waals surface area (Å²) in [6, 6.07) is 0.513. The summed E-state index contributed by atoms with van der Waals surface area (Å²) in [4.78, 5) is 11.1. The molecule has 0 bridgehead atoms. The van der Waals surface area contributed by atoms with Gasteiger partial charge in [-0.05, 0) is 32.1 Å². The fourth-order valence-corrected chi connectivity index (χ4v) is 3.48. The summed E-state index contributed by atoms with van der Waals surface area (Å²) in [6.45, 7) is 2.12. The first-order valence-electron chi connectivity index (χ1n) is 8.46. The normalized spacial score (nSPS) is 21.0. The first-order valence-corrected chi connectivity index (χ1v) is 8.46. The van der Waals surface area contributed by atoms with E-state index in [1.807, 2.05) is 0 Å². The number of anilines is 3. The van der Waals surface area contributed by atoms with Crippen molar-refractivity contribution in [3.05, 3.63) is 6.33 Å². The molecule has 0 radical (unpaired) electrons. The SMILES string of the molecule is Nc1c(NC2CCCCCC2)ncnc1N1CCCCC1. The molecule has 3 rings (SSSR count). The van der Waals surface area contributed by atoms with Gasteiger partial charge in [0.15, 0.2) is 11.6 Å². The number of nitrogens with zero attached hydrogens (tertiary/aromatic N) is 3. The van der Waals surface area contributed by atoms with E-state index in [0.717, 1.165) is 30.4 Å². The summed E-state index contributed by atoms with van der Waals surface area (Å²) in [7, 11) is 0. The van der Waals surface area contributed by atoms with Gasteiger partial charge in [0.25, 0.3) is 0 Å². The Labute approximate surface area is 127 Å². The summed E-state index contributed by atoms with van der Waals surface area (Å²) >= 11 is 0. The van der Waals surface area contributed by atoms with Crippen LogP contribution in [0.1, 0.15) is 57.8 Å². The molecule has 0 spiro atoms. The quantitative estimate of drug-likeness (QED) is 0.837. The molecule has 1 aromatic heterocycles. The number of piperidine rings is 1. The van der Waals surface area contributed by atoms with Crippen LogP contribution in [0.15, 0.2) is 6.33 Å². The zero-order valence-electron chi connectivity index (χ0n) is 12.9. The summed E-state index contributed by atoms with van der Waals surface area (Å²) in [6.07, 6.45) is 13.2. The lowest BCUT2D eigenvalue weighted by molar-refractivity contribution is 0.573. The third kappa shape index (κ3) is 3.57. The molecule has 1 aliphatic carbocycles. The monoisotopic (exact) mass is 289 g/mol. The van der Waals surface area contributed by atoms with Crippen molar-refractivity contribution in [1.82, 2.24) is 9.97 Å². The van der Waals surface area contributed by atoms with Crippen molar-refractivity contribution in [3.63, 3.8) is 0 Å². The van der Waals surface area contributed by atoms with E-state index in [4.69, 9.17) is 5.73 Å².